The summed E-state index contributed by atoms with van der Waals surface area (Å²) in [5.74, 6) is 0. The van der Waals surface area contributed by atoms with Gasteiger partial charge in [-0.05, 0) is 13.8 Å². The predicted molar refractivity (Wildman–Crippen MR) is 48.1 cm³/mol. The summed E-state index contributed by atoms with van der Waals surface area (Å²) in [6.45, 7) is 6.66. The van der Waals surface area contributed by atoms with Crippen molar-refractivity contribution in [1.29, 1.82) is 0 Å². The number of urea groups is 1. The molecule has 70 valence electrons. The maximum absolute atomic E-state index is 11.4. The zero-order valence-electron chi connectivity index (χ0n) is 7.98. The third kappa shape index (κ3) is 1.69. The Morgan fingerprint density at radius 3 is 2.75 bits per heavy atom. The fourth-order valence-corrected chi connectivity index (χ4v) is 1.49. The smallest absolute Gasteiger partial charge is 0.317 e. The zero-order chi connectivity index (χ0) is 9.19. The summed E-state index contributed by atoms with van der Waals surface area (Å²) in [6.07, 6.45) is 0. The first-order chi connectivity index (χ1) is 5.58. The van der Waals surface area contributed by atoms with Crippen LogP contribution < -0.4 is 10.6 Å². The summed E-state index contributed by atoms with van der Waals surface area (Å²) in [6, 6.07) is 0.0153. The molecule has 2 amide bonds. The van der Waals surface area contributed by atoms with Gasteiger partial charge in [-0.2, -0.15) is 0 Å². The van der Waals surface area contributed by atoms with Crippen molar-refractivity contribution in [2.24, 2.45) is 0 Å². The molecule has 0 bridgehead atoms. The van der Waals surface area contributed by atoms with Gasteiger partial charge in [0, 0.05) is 26.7 Å². The van der Waals surface area contributed by atoms with E-state index in [-0.39, 0.29) is 11.6 Å². The molecular weight excluding hydrogens is 154 g/mol. The van der Waals surface area contributed by atoms with Gasteiger partial charge in [0.25, 0.3) is 0 Å². The largest absolute Gasteiger partial charge is 0.341 e. The molecule has 0 radical (unpaired) electrons. The summed E-state index contributed by atoms with van der Waals surface area (Å²) in [7, 11) is 1.67. The highest BCUT2D eigenvalue weighted by molar-refractivity contribution is 5.74. The Bertz CT molecular complexity index is 179. The van der Waals surface area contributed by atoms with Crippen LogP contribution in [0.15, 0.2) is 0 Å². The lowest BCUT2D eigenvalue weighted by atomic mass is 10.0. The van der Waals surface area contributed by atoms with E-state index in [1.807, 2.05) is 4.90 Å². The summed E-state index contributed by atoms with van der Waals surface area (Å²) >= 11 is 0. The molecule has 0 spiro atoms. The number of carbonyl (C=O) groups excluding carboxylic acids is 1. The van der Waals surface area contributed by atoms with E-state index >= 15 is 0 Å². The average Bonchev–Trinajstić information content (AvgIpc) is 2.02. The first-order valence-electron chi connectivity index (χ1n) is 4.28. The van der Waals surface area contributed by atoms with Gasteiger partial charge in [-0.3, -0.25) is 0 Å². The second-order valence-electron chi connectivity index (χ2n) is 3.70. The second kappa shape index (κ2) is 3.31. The van der Waals surface area contributed by atoms with Crippen molar-refractivity contribution in [3.05, 3.63) is 0 Å². The van der Waals surface area contributed by atoms with Gasteiger partial charge in [0.1, 0.15) is 0 Å². The fourth-order valence-electron chi connectivity index (χ4n) is 1.49. The van der Waals surface area contributed by atoms with Gasteiger partial charge >= 0.3 is 6.03 Å². The lowest BCUT2D eigenvalue weighted by Gasteiger charge is -2.42. The zero-order valence-corrected chi connectivity index (χ0v) is 7.98. The molecule has 0 unspecified atom stereocenters. The van der Waals surface area contributed by atoms with Crippen LogP contribution in [-0.2, 0) is 0 Å². The van der Waals surface area contributed by atoms with Gasteiger partial charge in [0.15, 0.2) is 0 Å². The molecule has 1 fully saturated rings. The molecule has 2 N–H and O–H groups in total. The van der Waals surface area contributed by atoms with Gasteiger partial charge in [-0.1, -0.05) is 0 Å². The molecular formula is C8H17N3O. The van der Waals surface area contributed by atoms with E-state index in [9.17, 15) is 4.79 Å². The number of hydrogen-bond donors (Lipinski definition) is 2. The molecule has 1 aliphatic rings. The fraction of sp³-hybridized carbons (Fsp3) is 0.875. The molecule has 0 saturated carbocycles. The molecule has 4 nitrogen and oxygen atoms in total. The molecule has 1 heterocycles. The minimum atomic E-state index is -0.0711. The SMILES string of the molecule is CNC(=O)N1CCNCC1(C)C. The average molecular weight is 171 g/mol. The first kappa shape index (κ1) is 9.32. The summed E-state index contributed by atoms with van der Waals surface area (Å²) in [4.78, 5) is 13.2. The summed E-state index contributed by atoms with van der Waals surface area (Å²) < 4.78 is 0. The van der Waals surface area contributed by atoms with Crippen molar-refractivity contribution < 1.29 is 4.79 Å². The van der Waals surface area contributed by atoms with Crippen LogP contribution in [-0.4, -0.2) is 43.2 Å². The summed E-state index contributed by atoms with van der Waals surface area (Å²) in [5.41, 5.74) is -0.0711. The van der Waals surface area contributed by atoms with Crippen LogP contribution >= 0.6 is 0 Å². The Balaban J connectivity index is 2.66. The number of hydrogen-bond acceptors (Lipinski definition) is 2. The number of carbonyl (C=O) groups is 1. The molecule has 1 saturated heterocycles. The molecule has 4 heteroatoms. The first-order valence-corrected chi connectivity index (χ1v) is 4.28. The molecule has 0 aromatic rings. The van der Waals surface area contributed by atoms with E-state index in [0.717, 1.165) is 19.6 Å². The van der Waals surface area contributed by atoms with Gasteiger partial charge in [0.05, 0.1) is 5.54 Å². The van der Waals surface area contributed by atoms with Crippen molar-refractivity contribution in [1.82, 2.24) is 15.5 Å². The Morgan fingerprint density at radius 2 is 2.25 bits per heavy atom. The van der Waals surface area contributed by atoms with Crippen molar-refractivity contribution in [3.8, 4) is 0 Å². The van der Waals surface area contributed by atoms with Gasteiger partial charge < -0.3 is 15.5 Å². The van der Waals surface area contributed by atoms with Crippen molar-refractivity contribution in [2.45, 2.75) is 19.4 Å². The van der Waals surface area contributed by atoms with Gasteiger partial charge in [0.2, 0.25) is 0 Å². The number of rotatable bonds is 0. The van der Waals surface area contributed by atoms with E-state index in [4.69, 9.17) is 0 Å². The number of piperazine rings is 1. The highest BCUT2D eigenvalue weighted by atomic mass is 16.2. The highest BCUT2D eigenvalue weighted by Crippen LogP contribution is 2.15. The van der Waals surface area contributed by atoms with Gasteiger partial charge in [-0.25, -0.2) is 4.79 Å². The number of amides is 2. The van der Waals surface area contributed by atoms with Crippen LogP contribution in [0.25, 0.3) is 0 Å². The van der Waals surface area contributed by atoms with E-state index in [2.05, 4.69) is 24.5 Å². The van der Waals surface area contributed by atoms with E-state index < -0.39 is 0 Å². The Labute approximate surface area is 73.3 Å². The second-order valence-corrected chi connectivity index (χ2v) is 3.70. The minimum Gasteiger partial charge on any atom is -0.341 e. The van der Waals surface area contributed by atoms with Crippen molar-refractivity contribution >= 4 is 6.03 Å². The Kier molecular flexibility index (Phi) is 2.57. The van der Waals surface area contributed by atoms with Crippen LogP contribution in [0.4, 0.5) is 4.79 Å². The topological polar surface area (TPSA) is 44.4 Å². The molecule has 0 aromatic carbocycles. The third-order valence-corrected chi connectivity index (χ3v) is 2.26. The summed E-state index contributed by atoms with van der Waals surface area (Å²) in [5, 5.41) is 5.91. The quantitative estimate of drug-likeness (QED) is 0.539. The molecule has 0 aliphatic carbocycles. The molecule has 12 heavy (non-hydrogen) atoms. The van der Waals surface area contributed by atoms with Crippen LogP contribution in [0.2, 0.25) is 0 Å². The molecule has 0 atom stereocenters. The van der Waals surface area contributed by atoms with Crippen LogP contribution in [0.3, 0.4) is 0 Å². The maximum atomic E-state index is 11.4. The van der Waals surface area contributed by atoms with Gasteiger partial charge in [-0.15, -0.1) is 0 Å². The minimum absolute atomic E-state index is 0.0153. The number of nitrogens with zero attached hydrogens (tertiary/aromatic N) is 1. The standard InChI is InChI=1S/C8H17N3O/c1-8(2)6-10-4-5-11(8)7(12)9-3/h10H,4-6H2,1-3H3,(H,9,12). The van der Waals surface area contributed by atoms with Crippen molar-refractivity contribution in [3.63, 3.8) is 0 Å². The molecule has 1 aliphatic heterocycles. The molecule has 1 rings (SSSR count). The normalized spacial score (nSPS) is 22.1. The van der Waals surface area contributed by atoms with Crippen LogP contribution in [0.1, 0.15) is 13.8 Å². The Morgan fingerprint density at radius 1 is 1.58 bits per heavy atom. The Hall–Kier alpha value is -0.770. The maximum Gasteiger partial charge on any atom is 0.317 e. The lowest BCUT2D eigenvalue weighted by molar-refractivity contribution is 0.115. The third-order valence-electron chi connectivity index (χ3n) is 2.26. The highest BCUT2D eigenvalue weighted by Gasteiger charge is 2.32. The van der Waals surface area contributed by atoms with Crippen LogP contribution in [0, 0.1) is 0 Å². The van der Waals surface area contributed by atoms with E-state index in [0.29, 0.717) is 0 Å². The monoisotopic (exact) mass is 171 g/mol. The lowest BCUT2D eigenvalue weighted by Crippen LogP contribution is -2.61. The van der Waals surface area contributed by atoms with E-state index in [1.54, 1.807) is 7.05 Å². The van der Waals surface area contributed by atoms with Crippen molar-refractivity contribution in [2.75, 3.05) is 26.7 Å². The van der Waals surface area contributed by atoms with E-state index in [1.165, 1.54) is 0 Å². The number of nitrogens with one attached hydrogen (secondary N) is 2. The van der Waals surface area contributed by atoms with Crippen LogP contribution in [0.5, 0.6) is 0 Å². The predicted octanol–water partition coefficient (Wildman–Crippen LogP) is 0.00960. The molecule has 0 aromatic heterocycles.